The van der Waals surface area contributed by atoms with Crippen LogP contribution in [-0.4, -0.2) is 12.5 Å². The van der Waals surface area contributed by atoms with Crippen molar-refractivity contribution >= 4 is 45.6 Å². The van der Waals surface area contributed by atoms with E-state index in [0.717, 1.165) is 53.5 Å². The van der Waals surface area contributed by atoms with Crippen molar-refractivity contribution in [1.29, 1.82) is 0 Å². The quantitative estimate of drug-likeness (QED) is 0.414. The van der Waals surface area contributed by atoms with Gasteiger partial charge in [0.25, 0.3) is 0 Å². The van der Waals surface area contributed by atoms with Crippen LogP contribution < -0.4 is 10.1 Å². The maximum atomic E-state index is 13.7. The van der Waals surface area contributed by atoms with Gasteiger partial charge in [-0.2, -0.15) is 0 Å². The van der Waals surface area contributed by atoms with Crippen LogP contribution >= 0.6 is 23.2 Å². The van der Waals surface area contributed by atoms with Crippen LogP contribution in [0.25, 0.3) is 10.8 Å². The maximum absolute atomic E-state index is 13.7. The fourth-order valence-electron chi connectivity index (χ4n) is 4.48. The second kappa shape index (κ2) is 9.10. The summed E-state index contributed by atoms with van der Waals surface area (Å²) in [5, 5.41) is 6.29. The molecule has 1 aliphatic carbocycles. The lowest BCUT2D eigenvalue weighted by Crippen LogP contribution is -2.38. The Hall–Kier alpha value is -2.23. The largest absolute Gasteiger partial charge is 0.493 e. The number of hydrogen-bond donors (Lipinski definition) is 1. The van der Waals surface area contributed by atoms with E-state index in [0.29, 0.717) is 22.6 Å². The molecule has 3 aromatic rings. The molecule has 0 bridgehead atoms. The number of amides is 1. The number of hydrogen-bond acceptors (Lipinski definition) is 2. The zero-order valence-electron chi connectivity index (χ0n) is 17.9. The van der Waals surface area contributed by atoms with E-state index in [4.69, 9.17) is 27.9 Å². The molecule has 0 unspecified atom stereocenters. The van der Waals surface area contributed by atoms with Crippen molar-refractivity contribution in [3.05, 3.63) is 70.2 Å². The second-order valence-electron chi connectivity index (χ2n) is 8.73. The minimum atomic E-state index is -0.643. The molecule has 0 saturated heterocycles. The highest BCUT2D eigenvalue weighted by atomic mass is 35.5. The molecule has 4 rings (SSSR count). The van der Waals surface area contributed by atoms with Gasteiger partial charge in [-0.25, -0.2) is 0 Å². The van der Waals surface area contributed by atoms with Crippen molar-refractivity contribution in [2.75, 3.05) is 11.9 Å². The Balaban J connectivity index is 1.69. The van der Waals surface area contributed by atoms with Crippen molar-refractivity contribution in [3.8, 4) is 5.75 Å². The van der Waals surface area contributed by atoms with E-state index in [1.165, 1.54) is 0 Å². The Morgan fingerprint density at radius 2 is 1.74 bits per heavy atom. The monoisotopic (exact) mass is 455 g/mol. The van der Waals surface area contributed by atoms with Gasteiger partial charge in [0.15, 0.2) is 0 Å². The number of carbonyl (C=O) groups excluding carboxylic acids is 1. The van der Waals surface area contributed by atoms with Crippen LogP contribution in [0.15, 0.2) is 54.6 Å². The molecule has 0 aromatic heterocycles. The first kappa shape index (κ1) is 22.0. The van der Waals surface area contributed by atoms with Crippen LogP contribution in [0.5, 0.6) is 5.75 Å². The number of fused-ring (bicyclic) bond motifs is 1. The van der Waals surface area contributed by atoms with Gasteiger partial charge in [0.1, 0.15) is 5.75 Å². The molecule has 1 N–H and O–H groups in total. The fourth-order valence-corrected chi connectivity index (χ4v) is 5.07. The van der Waals surface area contributed by atoms with Gasteiger partial charge in [-0.3, -0.25) is 4.79 Å². The van der Waals surface area contributed by atoms with Crippen LogP contribution in [0, 0.1) is 5.92 Å². The molecule has 5 heteroatoms. The van der Waals surface area contributed by atoms with Crippen LogP contribution in [0.1, 0.15) is 45.1 Å². The highest BCUT2D eigenvalue weighted by Crippen LogP contribution is 2.45. The third-order valence-electron chi connectivity index (χ3n) is 6.04. The molecule has 1 amide bonds. The molecule has 1 saturated carbocycles. The predicted octanol–water partition coefficient (Wildman–Crippen LogP) is 7.63. The topological polar surface area (TPSA) is 38.3 Å². The van der Waals surface area contributed by atoms with E-state index < -0.39 is 5.41 Å². The number of halogens is 2. The number of anilines is 1. The van der Waals surface area contributed by atoms with E-state index in [1.54, 1.807) is 6.07 Å². The summed E-state index contributed by atoms with van der Waals surface area (Å²) >= 11 is 12.6. The average molecular weight is 456 g/mol. The maximum Gasteiger partial charge on any atom is 0.235 e. The first-order valence-corrected chi connectivity index (χ1v) is 11.6. The van der Waals surface area contributed by atoms with E-state index in [-0.39, 0.29) is 5.91 Å². The minimum Gasteiger partial charge on any atom is -0.493 e. The molecule has 1 aliphatic rings. The highest BCUT2D eigenvalue weighted by molar-refractivity contribution is 6.35. The normalized spacial score (nSPS) is 15.4. The Kier molecular flexibility index (Phi) is 6.45. The SMILES string of the molecule is CC(C)COc1ccc(NC(=O)C2(c3ccc(Cl)cc3Cl)CCCC2)c2ccccc12. The van der Waals surface area contributed by atoms with Crippen molar-refractivity contribution in [3.63, 3.8) is 0 Å². The summed E-state index contributed by atoms with van der Waals surface area (Å²) in [5.41, 5.74) is 0.999. The average Bonchev–Trinajstić information content (AvgIpc) is 3.24. The molecule has 0 spiro atoms. The summed E-state index contributed by atoms with van der Waals surface area (Å²) in [6.45, 7) is 4.90. The van der Waals surface area contributed by atoms with E-state index in [1.807, 2.05) is 48.5 Å². The Morgan fingerprint density at radius 3 is 2.42 bits per heavy atom. The minimum absolute atomic E-state index is 0.0183. The summed E-state index contributed by atoms with van der Waals surface area (Å²) in [4.78, 5) is 13.7. The van der Waals surface area contributed by atoms with E-state index >= 15 is 0 Å². The molecular weight excluding hydrogens is 429 g/mol. The number of nitrogens with one attached hydrogen (secondary N) is 1. The Bertz CT molecular complexity index is 1100. The third-order valence-corrected chi connectivity index (χ3v) is 6.59. The van der Waals surface area contributed by atoms with Gasteiger partial charge in [0.2, 0.25) is 5.91 Å². The fraction of sp³-hybridized carbons (Fsp3) is 0.346. The molecule has 0 atom stereocenters. The van der Waals surface area contributed by atoms with Gasteiger partial charge >= 0.3 is 0 Å². The summed E-state index contributed by atoms with van der Waals surface area (Å²) in [5.74, 6) is 1.25. The summed E-state index contributed by atoms with van der Waals surface area (Å²) < 4.78 is 6.01. The lowest BCUT2D eigenvalue weighted by molar-refractivity contribution is -0.121. The Morgan fingerprint density at radius 1 is 1.03 bits per heavy atom. The lowest BCUT2D eigenvalue weighted by Gasteiger charge is -2.29. The first-order valence-electron chi connectivity index (χ1n) is 10.8. The third kappa shape index (κ3) is 4.40. The first-order chi connectivity index (χ1) is 14.9. The van der Waals surface area contributed by atoms with Crippen LogP contribution in [0.2, 0.25) is 10.0 Å². The molecule has 31 heavy (non-hydrogen) atoms. The van der Waals surface area contributed by atoms with Gasteiger partial charge in [0.05, 0.1) is 12.0 Å². The van der Waals surface area contributed by atoms with Crippen molar-refractivity contribution in [2.24, 2.45) is 5.92 Å². The molecule has 0 aliphatic heterocycles. The lowest BCUT2D eigenvalue weighted by atomic mass is 9.77. The van der Waals surface area contributed by atoms with E-state index in [9.17, 15) is 4.79 Å². The zero-order valence-corrected chi connectivity index (χ0v) is 19.4. The zero-order chi connectivity index (χ0) is 22.0. The number of ether oxygens (including phenoxy) is 1. The molecule has 3 aromatic carbocycles. The summed E-state index contributed by atoms with van der Waals surface area (Å²) in [6.07, 6.45) is 3.53. The van der Waals surface area contributed by atoms with Crippen molar-refractivity contribution in [2.45, 2.75) is 44.9 Å². The van der Waals surface area contributed by atoms with Gasteiger partial charge in [-0.1, -0.05) is 80.2 Å². The molecule has 1 fully saturated rings. The predicted molar refractivity (Wildman–Crippen MR) is 130 cm³/mol. The highest BCUT2D eigenvalue weighted by Gasteiger charge is 2.44. The van der Waals surface area contributed by atoms with Gasteiger partial charge in [0, 0.05) is 26.5 Å². The number of carbonyl (C=O) groups is 1. The van der Waals surface area contributed by atoms with Crippen LogP contribution in [0.3, 0.4) is 0 Å². The standard InChI is InChI=1S/C26H27Cl2NO2/c1-17(2)16-31-24-12-11-23(19-7-3-4-8-20(19)24)29-25(30)26(13-5-6-14-26)21-10-9-18(27)15-22(21)28/h3-4,7-12,15,17H,5-6,13-14,16H2,1-2H3,(H,29,30). The second-order valence-corrected chi connectivity index (χ2v) is 9.57. The van der Waals surface area contributed by atoms with Crippen molar-refractivity contribution < 1.29 is 9.53 Å². The smallest absolute Gasteiger partial charge is 0.235 e. The molecule has 0 radical (unpaired) electrons. The summed E-state index contributed by atoms with van der Waals surface area (Å²) in [6, 6.07) is 17.3. The van der Waals surface area contributed by atoms with Gasteiger partial charge in [-0.15, -0.1) is 0 Å². The van der Waals surface area contributed by atoms with Crippen LogP contribution in [0.4, 0.5) is 5.69 Å². The Labute approximate surface area is 193 Å². The van der Waals surface area contributed by atoms with Gasteiger partial charge < -0.3 is 10.1 Å². The molecular formula is C26H27Cl2NO2. The van der Waals surface area contributed by atoms with Crippen molar-refractivity contribution in [1.82, 2.24) is 0 Å². The molecule has 0 heterocycles. The van der Waals surface area contributed by atoms with E-state index in [2.05, 4.69) is 19.2 Å². The van der Waals surface area contributed by atoms with Crippen LogP contribution in [-0.2, 0) is 10.2 Å². The molecule has 162 valence electrons. The molecule has 3 nitrogen and oxygen atoms in total. The number of rotatable bonds is 6. The van der Waals surface area contributed by atoms with Gasteiger partial charge in [-0.05, 0) is 48.6 Å². The summed E-state index contributed by atoms with van der Waals surface area (Å²) in [7, 11) is 0. The number of benzene rings is 3.